The number of para-hydroxylation sites is 1. The van der Waals surface area contributed by atoms with Crippen molar-refractivity contribution in [2.75, 3.05) is 25.1 Å². The lowest BCUT2D eigenvalue weighted by molar-refractivity contribution is 0.0948. The van der Waals surface area contributed by atoms with Gasteiger partial charge in [0, 0.05) is 18.8 Å². The maximum absolute atomic E-state index is 12.3. The van der Waals surface area contributed by atoms with Crippen molar-refractivity contribution in [3.05, 3.63) is 77.5 Å². The molecule has 3 aromatic rings. The van der Waals surface area contributed by atoms with Crippen molar-refractivity contribution in [1.82, 2.24) is 15.5 Å². The number of carbonyl (C=O) groups excluding carboxylic acids is 1. The van der Waals surface area contributed by atoms with Crippen LogP contribution in [0.25, 0.3) is 0 Å². The number of nitrogens with one attached hydrogen (secondary N) is 1. The first-order chi connectivity index (χ1) is 13.7. The van der Waals surface area contributed by atoms with Gasteiger partial charge in [-0.3, -0.25) is 4.79 Å². The van der Waals surface area contributed by atoms with Crippen LogP contribution in [-0.2, 0) is 12.8 Å². The Morgan fingerprint density at radius 1 is 1.07 bits per heavy atom. The second-order valence-electron chi connectivity index (χ2n) is 6.66. The highest BCUT2D eigenvalue weighted by atomic mass is 16.5. The van der Waals surface area contributed by atoms with Crippen LogP contribution in [0.3, 0.4) is 0 Å². The molecule has 0 saturated carbocycles. The van der Waals surface area contributed by atoms with Crippen molar-refractivity contribution in [2.24, 2.45) is 0 Å². The fraction of sp³-hybridized carbons (Fsp3) is 0.227. The quantitative estimate of drug-likeness (QED) is 0.718. The van der Waals surface area contributed by atoms with Gasteiger partial charge in [-0.15, -0.1) is 10.2 Å². The van der Waals surface area contributed by atoms with Gasteiger partial charge in [0.1, 0.15) is 5.75 Å². The van der Waals surface area contributed by atoms with Crippen LogP contribution in [0.5, 0.6) is 5.75 Å². The molecule has 1 aromatic heterocycles. The molecule has 1 aliphatic heterocycles. The molecule has 0 atom stereocenters. The summed E-state index contributed by atoms with van der Waals surface area (Å²) in [7, 11) is 1.64. The van der Waals surface area contributed by atoms with E-state index in [1.165, 1.54) is 5.56 Å². The summed E-state index contributed by atoms with van der Waals surface area (Å²) >= 11 is 0. The van der Waals surface area contributed by atoms with Gasteiger partial charge in [0.15, 0.2) is 11.5 Å². The number of fused-ring (bicyclic) bond motifs is 1. The van der Waals surface area contributed by atoms with E-state index in [4.69, 9.17) is 4.74 Å². The van der Waals surface area contributed by atoms with Crippen LogP contribution in [0.4, 0.5) is 11.5 Å². The van der Waals surface area contributed by atoms with Crippen LogP contribution in [0.2, 0.25) is 0 Å². The lowest BCUT2D eigenvalue weighted by Crippen LogP contribution is -2.27. The molecule has 6 nitrogen and oxygen atoms in total. The van der Waals surface area contributed by atoms with Crippen LogP contribution >= 0.6 is 0 Å². The van der Waals surface area contributed by atoms with Crippen molar-refractivity contribution >= 4 is 17.4 Å². The predicted molar refractivity (Wildman–Crippen MR) is 108 cm³/mol. The monoisotopic (exact) mass is 374 g/mol. The molecule has 0 unspecified atom stereocenters. The van der Waals surface area contributed by atoms with Gasteiger partial charge in [0.05, 0.1) is 7.11 Å². The predicted octanol–water partition coefficient (Wildman–Crippen LogP) is 3.15. The summed E-state index contributed by atoms with van der Waals surface area (Å²) in [5, 5.41) is 11.3. The number of nitrogens with zero attached hydrogens (tertiary/aromatic N) is 3. The van der Waals surface area contributed by atoms with Crippen LogP contribution in [-0.4, -0.2) is 36.3 Å². The molecule has 1 aliphatic rings. The SMILES string of the molecule is COc1ccc(CCNC(=O)c2ccc(N3CCc4ccccc43)nn2)cc1. The highest BCUT2D eigenvalue weighted by Gasteiger charge is 2.21. The zero-order chi connectivity index (χ0) is 19.3. The second kappa shape index (κ2) is 8.08. The molecule has 0 fully saturated rings. The number of anilines is 2. The van der Waals surface area contributed by atoms with Gasteiger partial charge in [-0.05, 0) is 54.3 Å². The fourth-order valence-corrected chi connectivity index (χ4v) is 3.37. The Hall–Kier alpha value is -3.41. The minimum Gasteiger partial charge on any atom is -0.497 e. The molecule has 6 heteroatoms. The van der Waals surface area contributed by atoms with Gasteiger partial charge in [0.25, 0.3) is 5.91 Å². The largest absolute Gasteiger partial charge is 0.497 e. The lowest BCUT2D eigenvalue weighted by Gasteiger charge is -2.17. The molecular weight excluding hydrogens is 352 g/mol. The standard InChI is InChI=1S/C22H22N4O2/c1-28-18-8-6-16(7-9-18)12-14-23-22(27)19-10-11-21(25-24-19)26-15-13-17-4-2-3-5-20(17)26/h2-11H,12-15H2,1H3,(H,23,27). The molecule has 0 aliphatic carbocycles. The molecule has 2 aromatic carbocycles. The Labute approximate surface area is 164 Å². The molecule has 1 N–H and O–H groups in total. The summed E-state index contributed by atoms with van der Waals surface area (Å²) in [6.07, 6.45) is 1.73. The number of amides is 1. The first kappa shape index (κ1) is 18.0. The van der Waals surface area contributed by atoms with Crippen molar-refractivity contribution in [2.45, 2.75) is 12.8 Å². The summed E-state index contributed by atoms with van der Waals surface area (Å²) in [6.45, 7) is 1.41. The first-order valence-electron chi connectivity index (χ1n) is 9.35. The smallest absolute Gasteiger partial charge is 0.271 e. The minimum absolute atomic E-state index is 0.214. The molecule has 142 valence electrons. The third-order valence-electron chi connectivity index (χ3n) is 4.91. The molecule has 4 rings (SSSR count). The van der Waals surface area contributed by atoms with Gasteiger partial charge in [-0.1, -0.05) is 30.3 Å². The second-order valence-corrected chi connectivity index (χ2v) is 6.66. The van der Waals surface area contributed by atoms with E-state index < -0.39 is 0 Å². The highest BCUT2D eigenvalue weighted by Crippen LogP contribution is 2.32. The van der Waals surface area contributed by atoms with Gasteiger partial charge in [-0.2, -0.15) is 0 Å². The Morgan fingerprint density at radius 2 is 1.89 bits per heavy atom. The minimum atomic E-state index is -0.214. The lowest BCUT2D eigenvalue weighted by atomic mass is 10.1. The molecule has 0 spiro atoms. The highest BCUT2D eigenvalue weighted by molar-refractivity contribution is 5.92. The van der Waals surface area contributed by atoms with Gasteiger partial charge >= 0.3 is 0 Å². The van der Waals surface area contributed by atoms with Gasteiger partial charge in [0.2, 0.25) is 0 Å². The van der Waals surface area contributed by atoms with Crippen molar-refractivity contribution in [3.63, 3.8) is 0 Å². The number of methoxy groups -OCH3 is 1. The van der Waals surface area contributed by atoms with E-state index in [0.29, 0.717) is 12.2 Å². The van der Waals surface area contributed by atoms with Crippen LogP contribution in [0.1, 0.15) is 21.6 Å². The van der Waals surface area contributed by atoms with Crippen LogP contribution in [0.15, 0.2) is 60.7 Å². The number of benzene rings is 2. The average molecular weight is 374 g/mol. The van der Waals surface area contributed by atoms with Crippen molar-refractivity contribution < 1.29 is 9.53 Å². The third-order valence-corrected chi connectivity index (χ3v) is 4.91. The third kappa shape index (κ3) is 3.81. The Kier molecular flexibility index (Phi) is 5.19. The van der Waals surface area contributed by atoms with Crippen LogP contribution in [0, 0.1) is 0 Å². The van der Waals surface area contributed by atoms with E-state index in [1.54, 1.807) is 13.2 Å². The maximum atomic E-state index is 12.3. The van der Waals surface area contributed by atoms with E-state index in [9.17, 15) is 4.79 Å². The summed E-state index contributed by atoms with van der Waals surface area (Å²) in [4.78, 5) is 14.5. The zero-order valence-electron chi connectivity index (χ0n) is 15.8. The Morgan fingerprint density at radius 3 is 2.64 bits per heavy atom. The molecular formula is C22H22N4O2. The molecule has 1 amide bonds. The van der Waals surface area contributed by atoms with E-state index in [2.05, 4.69) is 32.5 Å². The zero-order valence-corrected chi connectivity index (χ0v) is 15.8. The molecule has 0 radical (unpaired) electrons. The number of hydrogen-bond acceptors (Lipinski definition) is 5. The Bertz CT molecular complexity index is 955. The van der Waals surface area contributed by atoms with E-state index in [0.717, 1.165) is 42.2 Å². The number of hydrogen-bond donors (Lipinski definition) is 1. The number of carbonyl (C=O) groups is 1. The summed E-state index contributed by atoms with van der Waals surface area (Å²) in [5.74, 6) is 1.37. The summed E-state index contributed by atoms with van der Waals surface area (Å²) < 4.78 is 5.15. The molecule has 2 heterocycles. The topological polar surface area (TPSA) is 67.3 Å². The normalized spacial score (nSPS) is 12.5. The van der Waals surface area contributed by atoms with Gasteiger partial charge < -0.3 is 15.0 Å². The van der Waals surface area contributed by atoms with Gasteiger partial charge in [-0.25, -0.2) is 0 Å². The number of aromatic nitrogens is 2. The fourth-order valence-electron chi connectivity index (χ4n) is 3.37. The van der Waals surface area contributed by atoms with Crippen LogP contribution < -0.4 is 15.0 Å². The molecule has 0 saturated heterocycles. The summed E-state index contributed by atoms with van der Waals surface area (Å²) in [6, 6.07) is 19.7. The number of ether oxygens (including phenoxy) is 1. The van der Waals surface area contributed by atoms with E-state index >= 15 is 0 Å². The number of rotatable bonds is 6. The van der Waals surface area contributed by atoms with Crippen molar-refractivity contribution in [1.29, 1.82) is 0 Å². The molecule has 0 bridgehead atoms. The maximum Gasteiger partial charge on any atom is 0.271 e. The van der Waals surface area contributed by atoms with E-state index in [-0.39, 0.29) is 5.91 Å². The molecule has 28 heavy (non-hydrogen) atoms. The average Bonchev–Trinajstić information content (AvgIpc) is 3.18. The first-order valence-corrected chi connectivity index (χ1v) is 9.35. The van der Waals surface area contributed by atoms with Crippen molar-refractivity contribution in [3.8, 4) is 5.75 Å². The van der Waals surface area contributed by atoms with E-state index in [1.807, 2.05) is 42.5 Å². The summed E-state index contributed by atoms with van der Waals surface area (Å²) in [5.41, 5.74) is 3.93. The Balaban J connectivity index is 1.34.